The molecule has 0 bridgehead atoms. The highest BCUT2D eigenvalue weighted by atomic mass is 79.9. The maximum Gasteiger partial charge on any atom is 0.127 e. The molecule has 4 unspecified atom stereocenters. The summed E-state index contributed by atoms with van der Waals surface area (Å²) in [6.45, 7) is 0. The zero-order valence-corrected chi connectivity index (χ0v) is 11.8. The zero-order valence-electron chi connectivity index (χ0n) is 5.48. The standard InChI is InChI=1S/C6H7Br4F/c7-2-1-3(8)5(10)6(11)4(2)9/h2-6H,1H2. The Hall–Kier alpha value is 1.85. The van der Waals surface area contributed by atoms with Crippen LogP contribution in [0.25, 0.3) is 0 Å². The predicted molar refractivity (Wildman–Crippen MR) is 60.4 cm³/mol. The molecule has 0 aromatic heterocycles. The van der Waals surface area contributed by atoms with Gasteiger partial charge in [-0.15, -0.1) is 0 Å². The fourth-order valence-electron chi connectivity index (χ4n) is 1.05. The molecule has 0 aliphatic heterocycles. The molecule has 0 nitrogen and oxygen atoms in total. The summed E-state index contributed by atoms with van der Waals surface area (Å²) in [6.07, 6.45) is 0.101. The average molecular weight is 418 g/mol. The smallest absolute Gasteiger partial charge is 0.127 e. The molecule has 0 aromatic rings. The third-order valence-corrected chi connectivity index (χ3v) is 7.34. The van der Waals surface area contributed by atoms with Crippen molar-refractivity contribution in [3.05, 3.63) is 0 Å². The quantitative estimate of drug-likeness (QED) is 0.526. The molecule has 11 heavy (non-hydrogen) atoms. The van der Waals surface area contributed by atoms with E-state index in [1.165, 1.54) is 0 Å². The first-order chi connectivity index (χ1) is 5.04. The number of hydrogen-bond donors (Lipinski definition) is 0. The average Bonchev–Trinajstić information content (AvgIpc) is 1.97. The lowest BCUT2D eigenvalue weighted by Crippen LogP contribution is -2.44. The van der Waals surface area contributed by atoms with E-state index in [2.05, 4.69) is 63.7 Å². The first-order valence-electron chi connectivity index (χ1n) is 3.24. The summed E-state index contributed by atoms with van der Waals surface area (Å²) in [6, 6.07) is 0. The van der Waals surface area contributed by atoms with Crippen LogP contribution in [0.2, 0.25) is 0 Å². The van der Waals surface area contributed by atoms with Gasteiger partial charge in [0.15, 0.2) is 0 Å². The lowest BCUT2D eigenvalue weighted by Gasteiger charge is -2.34. The van der Waals surface area contributed by atoms with Crippen molar-refractivity contribution < 1.29 is 4.39 Å². The fraction of sp³-hybridized carbons (Fsp3) is 1.00. The molecule has 66 valence electrons. The minimum absolute atomic E-state index is 0.0827. The van der Waals surface area contributed by atoms with Crippen LogP contribution in [-0.2, 0) is 0 Å². The Morgan fingerprint density at radius 3 is 1.64 bits per heavy atom. The summed E-state index contributed by atoms with van der Waals surface area (Å²) in [4.78, 5) is 0.271. The monoisotopic (exact) mass is 414 g/mol. The molecule has 0 amide bonds. The summed E-state index contributed by atoms with van der Waals surface area (Å²) in [5.41, 5.74) is 0. The van der Waals surface area contributed by atoms with Crippen LogP contribution in [-0.4, -0.2) is 25.5 Å². The lowest BCUT2D eigenvalue weighted by molar-refractivity contribution is 0.287. The van der Waals surface area contributed by atoms with Gasteiger partial charge in [0.05, 0.1) is 9.65 Å². The molecule has 1 aliphatic carbocycles. The van der Waals surface area contributed by atoms with Crippen molar-refractivity contribution >= 4 is 63.7 Å². The van der Waals surface area contributed by atoms with Crippen LogP contribution in [0.4, 0.5) is 4.39 Å². The van der Waals surface area contributed by atoms with E-state index in [1.807, 2.05) is 0 Å². The van der Waals surface area contributed by atoms with Crippen molar-refractivity contribution in [2.24, 2.45) is 0 Å². The Morgan fingerprint density at radius 1 is 0.909 bits per heavy atom. The van der Waals surface area contributed by atoms with E-state index in [4.69, 9.17) is 0 Å². The Bertz CT molecular complexity index is 129. The van der Waals surface area contributed by atoms with Crippen molar-refractivity contribution in [1.82, 2.24) is 0 Å². The molecular formula is C6H7Br4F. The fourth-order valence-corrected chi connectivity index (χ4v) is 4.44. The van der Waals surface area contributed by atoms with Gasteiger partial charge < -0.3 is 0 Å². The van der Waals surface area contributed by atoms with E-state index in [1.54, 1.807) is 0 Å². The van der Waals surface area contributed by atoms with Crippen molar-refractivity contribution in [2.75, 3.05) is 0 Å². The van der Waals surface area contributed by atoms with Crippen molar-refractivity contribution in [3.8, 4) is 0 Å². The zero-order chi connectivity index (χ0) is 8.59. The maximum atomic E-state index is 13.3. The van der Waals surface area contributed by atoms with E-state index in [0.29, 0.717) is 0 Å². The molecule has 1 fully saturated rings. The molecule has 5 heteroatoms. The molecule has 0 aromatic carbocycles. The lowest BCUT2D eigenvalue weighted by atomic mass is 9.98. The highest BCUT2D eigenvalue weighted by Crippen LogP contribution is 2.39. The topological polar surface area (TPSA) is 0 Å². The van der Waals surface area contributed by atoms with Crippen molar-refractivity contribution in [3.63, 3.8) is 0 Å². The van der Waals surface area contributed by atoms with Gasteiger partial charge >= 0.3 is 0 Å². The molecule has 0 spiro atoms. The van der Waals surface area contributed by atoms with Gasteiger partial charge in [0.2, 0.25) is 0 Å². The highest BCUT2D eigenvalue weighted by molar-refractivity contribution is 9.13. The van der Waals surface area contributed by atoms with Crippen molar-refractivity contribution in [1.29, 1.82) is 0 Å². The van der Waals surface area contributed by atoms with E-state index in [-0.39, 0.29) is 19.3 Å². The second kappa shape index (κ2) is 4.38. The van der Waals surface area contributed by atoms with Crippen LogP contribution in [0.15, 0.2) is 0 Å². The van der Waals surface area contributed by atoms with E-state index in [9.17, 15) is 4.39 Å². The van der Waals surface area contributed by atoms with E-state index < -0.39 is 6.17 Å². The summed E-state index contributed by atoms with van der Waals surface area (Å²) >= 11 is 13.5. The SMILES string of the molecule is FC1C(Br)C(Br)CC(Br)C1Br. The Balaban J connectivity index is 2.63. The minimum atomic E-state index is -0.836. The van der Waals surface area contributed by atoms with Crippen LogP contribution < -0.4 is 0 Å². The van der Waals surface area contributed by atoms with Crippen LogP contribution in [0.5, 0.6) is 0 Å². The Labute approximate surface area is 99.2 Å². The molecule has 1 saturated carbocycles. The molecule has 4 atom stereocenters. The van der Waals surface area contributed by atoms with Gasteiger partial charge in [-0.2, -0.15) is 0 Å². The van der Waals surface area contributed by atoms with Gasteiger partial charge in [0.1, 0.15) is 6.17 Å². The van der Waals surface area contributed by atoms with Crippen LogP contribution in [0.3, 0.4) is 0 Å². The van der Waals surface area contributed by atoms with Crippen LogP contribution in [0.1, 0.15) is 6.42 Å². The minimum Gasteiger partial charge on any atom is -0.245 e. The van der Waals surface area contributed by atoms with Gasteiger partial charge in [-0.3, -0.25) is 0 Å². The second-order valence-electron chi connectivity index (χ2n) is 2.60. The number of rotatable bonds is 0. The molecule has 0 N–H and O–H groups in total. The summed E-state index contributed by atoms with van der Waals surface area (Å²) in [5.74, 6) is 0. The van der Waals surface area contributed by atoms with Crippen molar-refractivity contribution in [2.45, 2.75) is 31.9 Å². The van der Waals surface area contributed by atoms with Gasteiger partial charge in [0.25, 0.3) is 0 Å². The summed E-state index contributed by atoms with van der Waals surface area (Å²) in [5, 5.41) is 0. The molecule has 1 rings (SSSR count). The molecule has 0 heterocycles. The molecular weight excluding hydrogens is 411 g/mol. The summed E-state index contributed by atoms with van der Waals surface area (Å²) in [7, 11) is 0. The second-order valence-corrected chi connectivity index (χ2v) is 7.07. The Kier molecular flexibility index (Phi) is 4.35. The van der Waals surface area contributed by atoms with Gasteiger partial charge in [-0.25, -0.2) is 4.39 Å². The van der Waals surface area contributed by atoms with E-state index >= 15 is 0 Å². The normalized spacial score (nSPS) is 52.6. The molecule has 1 aliphatic rings. The van der Waals surface area contributed by atoms with Crippen LogP contribution in [0, 0.1) is 0 Å². The van der Waals surface area contributed by atoms with Crippen LogP contribution >= 0.6 is 63.7 Å². The number of alkyl halides is 5. The number of halogens is 5. The predicted octanol–water partition coefficient (Wildman–Crippen LogP) is 3.78. The first-order valence-corrected chi connectivity index (χ1v) is 6.90. The summed E-state index contributed by atoms with van der Waals surface area (Å²) < 4.78 is 13.3. The Morgan fingerprint density at radius 2 is 1.27 bits per heavy atom. The number of hydrogen-bond acceptors (Lipinski definition) is 0. The van der Waals surface area contributed by atoms with E-state index in [0.717, 1.165) is 6.42 Å². The van der Waals surface area contributed by atoms with Gasteiger partial charge in [-0.1, -0.05) is 63.7 Å². The third-order valence-electron chi connectivity index (χ3n) is 1.75. The molecule has 0 saturated heterocycles. The van der Waals surface area contributed by atoms with Gasteiger partial charge in [0, 0.05) is 9.65 Å². The maximum absolute atomic E-state index is 13.3. The highest BCUT2D eigenvalue weighted by Gasteiger charge is 2.40. The first kappa shape index (κ1) is 10.9. The largest absolute Gasteiger partial charge is 0.245 e. The molecule has 0 radical (unpaired) electrons. The third kappa shape index (κ3) is 2.41. The van der Waals surface area contributed by atoms with Gasteiger partial charge in [-0.05, 0) is 6.42 Å².